The summed E-state index contributed by atoms with van der Waals surface area (Å²) in [6, 6.07) is 6.50. The summed E-state index contributed by atoms with van der Waals surface area (Å²) in [4.78, 5) is 2.71. The van der Waals surface area contributed by atoms with Crippen LogP contribution < -0.4 is 0 Å². The summed E-state index contributed by atoms with van der Waals surface area (Å²) in [5, 5.41) is 0. The van der Waals surface area contributed by atoms with E-state index in [4.69, 9.17) is 11.2 Å². The Bertz CT molecular complexity index is 290. The number of halogens is 1. The summed E-state index contributed by atoms with van der Waals surface area (Å²) < 4.78 is 0. The number of aryl methyl sites for hydroxylation is 1. The van der Waals surface area contributed by atoms with Gasteiger partial charge in [0.1, 0.15) is 5.68 Å². The monoisotopic (exact) mass is 220 g/mol. The fourth-order valence-corrected chi connectivity index (χ4v) is 7.67. The SMILES string of the molecule is Cc1ccc2c(c1)SP(Cl)S2. The molecule has 0 saturated carbocycles. The lowest BCUT2D eigenvalue weighted by Gasteiger charge is -1.95. The molecule has 0 aromatic heterocycles. The molecule has 58 valence electrons. The largest absolute Gasteiger partial charge is 0.119 e. The second-order valence-electron chi connectivity index (χ2n) is 2.35. The Morgan fingerprint density at radius 2 is 2.00 bits per heavy atom. The summed E-state index contributed by atoms with van der Waals surface area (Å²) in [6.07, 6.45) is 0. The fourth-order valence-electron chi connectivity index (χ4n) is 0.935. The second-order valence-corrected chi connectivity index (χ2v) is 10.2. The van der Waals surface area contributed by atoms with Gasteiger partial charge in [-0.1, -0.05) is 40.1 Å². The Labute approximate surface area is 80.1 Å². The first-order valence-electron chi connectivity index (χ1n) is 3.18. The second kappa shape index (κ2) is 3.18. The molecule has 0 spiro atoms. The Kier molecular flexibility index (Phi) is 2.38. The lowest BCUT2D eigenvalue weighted by molar-refractivity contribution is 1.23. The molecule has 1 aliphatic rings. The van der Waals surface area contributed by atoms with E-state index < -0.39 is 5.68 Å². The molecule has 0 aliphatic carbocycles. The minimum absolute atomic E-state index is 0.399. The smallest absolute Gasteiger partial charge is 0.0708 e. The molecular formula is C7H6ClPS2. The van der Waals surface area contributed by atoms with Gasteiger partial charge in [0.2, 0.25) is 0 Å². The Hall–Kier alpha value is 0.640. The van der Waals surface area contributed by atoms with Gasteiger partial charge in [0.25, 0.3) is 0 Å². The number of hydrogen-bond acceptors (Lipinski definition) is 2. The van der Waals surface area contributed by atoms with Gasteiger partial charge < -0.3 is 0 Å². The summed E-state index contributed by atoms with van der Waals surface area (Å²) in [5.41, 5.74) is 0.920. The molecule has 0 nitrogen and oxygen atoms in total. The maximum absolute atomic E-state index is 6.02. The molecule has 2 rings (SSSR count). The van der Waals surface area contributed by atoms with Crippen molar-refractivity contribution in [1.82, 2.24) is 0 Å². The lowest BCUT2D eigenvalue weighted by Crippen LogP contribution is -1.73. The quantitative estimate of drug-likeness (QED) is 0.584. The van der Waals surface area contributed by atoms with Gasteiger partial charge in [0, 0.05) is 9.79 Å². The number of hydrogen-bond donors (Lipinski definition) is 0. The maximum atomic E-state index is 6.02. The van der Waals surface area contributed by atoms with Crippen LogP contribution in [0.25, 0.3) is 0 Å². The first kappa shape index (κ1) is 8.25. The van der Waals surface area contributed by atoms with Crippen LogP contribution in [0.15, 0.2) is 28.0 Å². The molecule has 1 aliphatic heterocycles. The van der Waals surface area contributed by atoms with Crippen LogP contribution in [0.2, 0.25) is 0 Å². The number of rotatable bonds is 0. The molecule has 4 heteroatoms. The first-order chi connectivity index (χ1) is 5.25. The van der Waals surface area contributed by atoms with Gasteiger partial charge in [-0.25, -0.2) is 0 Å². The molecule has 1 atom stereocenters. The molecule has 0 fully saturated rings. The highest BCUT2D eigenvalue weighted by Gasteiger charge is 2.20. The molecule has 0 bridgehead atoms. The van der Waals surface area contributed by atoms with Crippen molar-refractivity contribution in [3.63, 3.8) is 0 Å². The third kappa shape index (κ3) is 1.70. The zero-order chi connectivity index (χ0) is 7.84. The molecule has 1 heterocycles. The molecule has 0 N–H and O–H groups in total. The molecule has 1 unspecified atom stereocenters. The van der Waals surface area contributed by atoms with Gasteiger partial charge in [0.05, 0.1) is 0 Å². The van der Waals surface area contributed by atoms with Gasteiger partial charge in [0.15, 0.2) is 0 Å². The van der Waals surface area contributed by atoms with Crippen LogP contribution in [-0.2, 0) is 0 Å². The average Bonchev–Trinajstić information content (AvgIpc) is 2.27. The van der Waals surface area contributed by atoms with Crippen molar-refractivity contribution in [3.8, 4) is 0 Å². The van der Waals surface area contributed by atoms with Gasteiger partial charge >= 0.3 is 0 Å². The summed E-state index contributed by atoms with van der Waals surface area (Å²) in [6.45, 7) is 2.11. The highest BCUT2D eigenvalue weighted by molar-refractivity contribution is 8.95. The van der Waals surface area contributed by atoms with Crippen molar-refractivity contribution < 1.29 is 0 Å². The number of fused-ring (bicyclic) bond motifs is 1. The lowest BCUT2D eigenvalue weighted by atomic mass is 10.2. The molecular weight excluding hydrogens is 215 g/mol. The van der Waals surface area contributed by atoms with Crippen LogP contribution in [0, 0.1) is 6.92 Å². The van der Waals surface area contributed by atoms with Gasteiger partial charge in [-0.2, -0.15) is 0 Å². The molecule has 0 saturated heterocycles. The van der Waals surface area contributed by atoms with Gasteiger partial charge in [-0.15, -0.1) is 0 Å². The standard InChI is InChI=1S/C7H6ClPS2/c1-5-2-3-6-7(4-5)11-9(8)10-6/h2-4H,1H3. The van der Waals surface area contributed by atoms with Crippen LogP contribution >= 0.6 is 39.7 Å². The van der Waals surface area contributed by atoms with Gasteiger partial charge in [-0.05, 0) is 24.6 Å². The third-order valence-corrected chi connectivity index (χ3v) is 7.57. The zero-order valence-electron chi connectivity index (χ0n) is 5.87. The predicted octanol–water partition coefficient (Wildman–Crippen LogP) is 4.66. The van der Waals surface area contributed by atoms with Crippen LogP contribution in [0.4, 0.5) is 0 Å². The van der Waals surface area contributed by atoms with E-state index in [0.29, 0.717) is 0 Å². The van der Waals surface area contributed by atoms with Crippen molar-refractivity contribution in [2.24, 2.45) is 0 Å². The molecule has 1 aromatic rings. The molecule has 11 heavy (non-hydrogen) atoms. The Balaban J connectivity index is 2.43. The van der Waals surface area contributed by atoms with Crippen LogP contribution in [0.1, 0.15) is 5.56 Å². The average molecular weight is 221 g/mol. The summed E-state index contributed by atoms with van der Waals surface area (Å²) in [7, 11) is 0. The van der Waals surface area contributed by atoms with Crippen molar-refractivity contribution in [2.75, 3.05) is 0 Å². The topological polar surface area (TPSA) is 0 Å². The van der Waals surface area contributed by atoms with E-state index in [2.05, 4.69) is 25.1 Å². The minimum atomic E-state index is -0.399. The normalized spacial score (nSPS) is 21.8. The van der Waals surface area contributed by atoms with Crippen molar-refractivity contribution in [2.45, 2.75) is 16.7 Å². The summed E-state index contributed by atoms with van der Waals surface area (Å²) >= 11 is 9.61. The van der Waals surface area contributed by atoms with E-state index in [0.717, 1.165) is 0 Å². The van der Waals surface area contributed by atoms with E-state index in [1.54, 1.807) is 22.8 Å². The van der Waals surface area contributed by atoms with E-state index >= 15 is 0 Å². The summed E-state index contributed by atoms with van der Waals surface area (Å²) in [5.74, 6) is 0. The van der Waals surface area contributed by atoms with E-state index in [1.807, 2.05) is 0 Å². The van der Waals surface area contributed by atoms with E-state index in [-0.39, 0.29) is 0 Å². The van der Waals surface area contributed by atoms with Crippen LogP contribution in [0.3, 0.4) is 0 Å². The first-order valence-corrected chi connectivity index (χ1v) is 8.27. The minimum Gasteiger partial charge on any atom is -0.0708 e. The molecule has 0 amide bonds. The van der Waals surface area contributed by atoms with Crippen molar-refractivity contribution in [3.05, 3.63) is 23.8 Å². The molecule has 1 aromatic carbocycles. The number of benzene rings is 1. The highest BCUT2D eigenvalue weighted by Crippen LogP contribution is 2.76. The van der Waals surface area contributed by atoms with E-state index in [9.17, 15) is 0 Å². The van der Waals surface area contributed by atoms with Crippen LogP contribution in [-0.4, -0.2) is 0 Å². The zero-order valence-corrected chi connectivity index (χ0v) is 9.16. The van der Waals surface area contributed by atoms with Crippen molar-refractivity contribution in [1.29, 1.82) is 0 Å². The van der Waals surface area contributed by atoms with E-state index in [1.165, 1.54) is 15.4 Å². The highest BCUT2D eigenvalue weighted by atomic mass is 35.7. The third-order valence-electron chi connectivity index (χ3n) is 1.44. The van der Waals surface area contributed by atoms with Crippen LogP contribution in [0.5, 0.6) is 0 Å². The Morgan fingerprint density at radius 3 is 2.82 bits per heavy atom. The Morgan fingerprint density at radius 1 is 1.27 bits per heavy atom. The van der Waals surface area contributed by atoms with Gasteiger partial charge in [-0.3, -0.25) is 0 Å². The molecule has 0 radical (unpaired) electrons. The van der Waals surface area contributed by atoms with Crippen molar-refractivity contribution >= 4 is 39.7 Å². The maximum Gasteiger partial charge on any atom is 0.119 e. The fraction of sp³-hybridized carbons (Fsp3) is 0.143. The predicted molar refractivity (Wildman–Crippen MR) is 55.7 cm³/mol.